The molecule has 0 aromatic carbocycles. The Balaban J connectivity index is 2.66. The van der Waals surface area contributed by atoms with Gasteiger partial charge in [-0.25, -0.2) is 0 Å². The van der Waals surface area contributed by atoms with Crippen LogP contribution in [0.25, 0.3) is 0 Å². The molecule has 1 amide bonds. The number of ether oxygens (including phenoxy) is 4. The Morgan fingerprint density at radius 3 is 2.55 bits per heavy atom. The van der Waals surface area contributed by atoms with Crippen molar-refractivity contribution in [3.8, 4) is 0 Å². The summed E-state index contributed by atoms with van der Waals surface area (Å²) in [6, 6.07) is -0.682. The molecule has 1 saturated heterocycles. The van der Waals surface area contributed by atoms with Crippen LogP contribution in [0.1, 0.15) is 33.1 Å². The molecule has 2 radical (unpaired) electrons. The highest BCUT2D eigenvalue weighted by Gasteiger charge is 2.45. The highest BCUT2D eigenvalue weighted by Crippen LogP contribution is 2.28. The molecule has 0 aliphatic carbocycles. The van der Waals surface area contributed by atoms with Gasteiger partial charge in [-0.3, -0.25) is 9.59 Å². The maximum Gasteiger partial charge on any atom is 0.306 e. The summed E-state index contributed by atoms with van der Waals surface area (Å²) >= 11 is 0. The van der Waals surface area contributed by atoms with E-state index in [1.54, 1.807) is 7.11 Å². The molecule has 0 saturated carbocycles. The molecule has 8 heteroatoms. The van der Waals surface area contributed by atoms with E-state index in [4.69, 9.17) is 32.5 Å². The summed E-state index contributed by atoms with van der Waals surface area (Å²) in [7, 11) is 7.49. The zero-order valence-corrected chi connectivity index (χ0v) is 13.3. The summed E-state index contributed by atoms with van der Waals surface area (Å²) in [5, 5.41) is 0. The maximum absolute atomic E-state index is 11.8. The molecule has 1 aliphatic rings. The Hall–Kier alpha value is -1.12. The minimum absolute atomic E-state index is 0.0547. The first-order chi connectivity index (χ1) is 10.4. The Bertz CT molecular complexity index is 380. The lowest BCUT2D eigenvalue weighted by molar-refractivity contribution is -0.161. The first-order valence-corrected chi connectivity index (χ1v) is 7.42. The fraction of sp³-hybridized carbons (Fsp3) is 0.857. The standard InChI is InChI=1S/C14H24BNO6/c1-4-9-12(22-11(18)6-5-10(16)17)13(14(15)21-9)20-8(2)7-19-3/h8-9,12-14H,4-7H2,1-3H3,(H2,16,17). The van der Waals surface area contributed by atoms with Gasteiger partial charge in [0.1, 0.15) is 14.0 Å². The van der Waals surface area contributed by atoms with Crippen LogP contribution in [-0.4, -0.2) is 63.9 Å². The molecule has 0 spiro atoms. The molecule has 5 atom stereocenters. The van der Waals surface area contributed by atoms with Gasteiger partial charge in [0.15, 0.2) is 6.10 Å². The van der Waals surface area contributed by atoms with Crippen molar-refractivity contribution in [1.29, 1.82) is 0 Å². The fourth-order valence-electron chi connectivity index (χ4n) is 2.36. The summed E-state index contributed by atoms with van der Waals surface area (Å²) in [5.74, 6) is -1.07. The molecule has 124 valence electrons. The number of nitrogens with two attached hydrogens (primary N) is 1. The first kappa shape index (κ1) is 18.9. The lowest BCUT2D eigenvalue weighted by Gasteiger charge is -2.26. The number of carbonyl (C=O) groups is 2. The van der Waals surface area contributed by atoms with E-state index in [1.165, 1.54) is 0 Å². The third kappa shape index (κ3) is 5.59. The van der Waals surface area contributed by atoms with E-state index in [9.17, 15) is 9.59 Å². The van der Waals surface area contributed by atoms with Crippen molar-refractivity contribution < 1.29 is 28.5 Å². The molecule has 1 rings (SSSR count). The van der Waals surface area contributed by atoms with E-state index < -0.39 is 30.1 Å². The average molecular weight is 313 g/mol. The van der Waals surface area contributed by atoms with Crippen molar-refractivity contribution in [3.05, 3.63) is 0 Å². The number of carbonyl (C=O) groups excluding carboxylic acids is 2. The Morgan fingerprint density at radius 2 is 2.00 bits per heavy atom. The van der Waals surface area contributed by atoms with E-state index in [0.717, 1.165) is 0 Å². The molecular formula is C14H24BNO6. The van der Waals surface area contributed by atoms with E-state index in [2.05, 4.69) is 0 Å². The molecule has 1 heterocycles. The SMILES string of the molecule is [B]C1OC(CC)C(OC(=O)CCC(N)=O)C1OC(C)COC. The van der Waals surface area contributed by atoms with Gasteiger partial charge in [0.05, 0.1) is 25.2 Å². The van der Waals surface area contributed by atoms with Gasteiger partial charge in [0, 0.05) is 19.5 Å². The van der Waals surface area contributed by atoms with Crippen molar-refractivity contribution in [1.82, 2.24) is 0 Å². The van der Waals surface area contributed by atoms with Gasteiger partial charge in [-0.1, -0.05) is 6.92 Å². The van der Waals surface area contributed by atoms with Crippen molar-refractivity contribution in [2.75, 3.05) is 13.7 Å². The summed E-state index contributed by atoms with van der Waals surface area (Å²) in [6.45, 7) is 4.13. The van der Waals surface area contributed by atoms with Gasteiger partial charge >= 0.3 is 5.97 Å². The van der Waals surface area contributed by atoms with Gasteiger partial charge in [0.25, 0.3) is 0 Å². The number of hydrogen-bond donors (Lipinski definition) is 1. The van der Waals surface area contributed by atoms with Gasteiger partial charge in [0.2, 0.25) is 5.91 Å². The molecule has 0 aromatic rings. The second-order valence-electron chi connectivity index (χ2n) is 5.33. The molecule has 22 heavy (non-hydrogen) atoms. The Kier molecular flexibility index (Phi) is 7.85. The zero-order valence-electron chi connectivity index (χ0n) is 13.3. The zero-order chi connectivity index (χ0) is 16.7. The average Bonchev–Trinajstić information content (AvgIpc) is 2.73. The lowest BCUT2D eigenvalue weighted by Crippen LogP contribution is -2.41. The number of esters is 1. The number of primary amides is 1. The van der Waals surface area contributed by atoms with Crippen LogP contribution in [0.3, 0.4) is 0 Å². The maximum atomic E-state index is 11.8. The number of rotatable bonds is 9. The van der Waals surface area contributed by atoms with Gasteiger partial charge < -0.3 is 24.7 Å². The number of hydrogen-bond acceptors (Lipinski definition) is 6. The quantitative estimate of drug-likeness (QED) is 0.471. The highest BCUT2D eigenvalue weighted by atomic mass is 16.6. The van der Waals surface area contributed by atoms with Crippen molar-refractivity contribution in [3.63, 3.8) is 0 Å². The van der Waals surface area contributed by atoms with E-state index in [1.807, 2.05) is 13.8 Å². The van der Waals surface area contributed by atoms with Crippen LogP contribution in [0.2, 0.25) is 0 Å². The Morgan fingerprint density at radius 1 is 1.32 bits per heavy atom. The second-order valence-corrected chi connectivity index (χ2v) is 5.33. The van der Waals surface area contributed by atoms with Crippen LogP contribution in [0.4, 0.5) is 0 Å². The third-order valence-electron chi connectivity index (χ3n) is 3.38. The second kappa shape index (κ2) is 9.12. The number of amides is 1. The van der Waals surface area contributed by atoms with E-state index >= 15 is 0 Å². The summed E-state index contributed by atoms with van der Waals surface area (Å²) in [6.07, 6.45) is -1.25. The highest BCUT2D eigenvalue weighted by molar-refractivity contribution is 6.11. The minimum atomic E-state index is -0.682. The predicted molar refractivity (Wildman–Crippen MR) is 79.2 cm³/mol. The van der Waals surface area contributed by atoms with Crippen LogP contribution in [0.15, 0.2) is 0 Å². The van der Waals surface area contributed by atoms with Crippen LogP contribution >= 0.6 is 0 Å². The molecule has 5 unspecified atom stereocenters. The van der Waals surface area contributed by atoms with Crippen molar-refractivity contribution in [2.45, 2.75) is 63.5 Å². The summed E-state index contributed by atoms with van der Waals surface area (Å²) in [5.41, 5.74) is 5.02. The van der Waals surface area contributed by atoms with Crippen LogP contribution in [0, 0.1) is 0 Å². The molecular weight excluding hydrogens is 289 g/mol. The third-order valence-corrected chi connectivity index (χ3v) is 3.38. The van der Waals surface area contributed by atoms with Crippen LogP contribution in [0.5, 0.6) is 0 Å². The number of methoxy groups -OCH3 is 1. The molecule has 7 nitrogen and oxygen atoms in total. The van der Waals surface area contributed by atoms with Crippen molar-refractivity contribution in [2.24, 2.45) is 5.73 Å². The van der Waals surface area contributed by atoms with E-state index in [0.29, 0.717) is 13.0 Å². The molecule has 1 fully saturated rings. The van der Waals surface area contributed by atoms with E-state index in [-0.39, 0.29) is 25.0 Å². The fourth-order valence-corrected chi connectivity index (χ4v) is 2.36. The monoisotopic (exact) mass is 313 g/mol. The predicted octanol–water partition coefficient (Wildman–Crippen LogP) is -0.113. The lowest BCUT2D eigenvalue weighted by atomic mass is 9.92. The van der Waals surface area contributed by atoms with Gasteiger partial charge in [-0.05, 0) is 13.3 Å². The molecule has 0 aromatic heterocycles. The molecule has 2 N–H and O–H groups in total. The van der Waals surface area contributed by atoms with Gasteiger partial charge in [-0.15, -0.1) is 0 Å². The van der Waals surface area contributed by atoms with Gasteiger partial charge in [-0.2, -0.15) is 0 Å². The summed E-state index contributed by atoms with van der Waals surface area (Å²) in [4.78, 5) is 22.5. The first-order valence-electron chi connectivity index (χ1n) is 7.42. The summed E-state index contributed by atoms with van der Waals surface area (Å²) < 4.78 is 21.8. The van der Waals surface area contributed by atoms with Crippen molar-refractivity contribution >= 4 is 19.7 Å². The Labute approximate surface area is 132 Å². The normalized spacial score (nSPS) is 29.2. The van der Waals surface area contributed by atoms with Crippen LogP contribution < -0.4 is 5.73 Å². The molecule has 1 aliphatic heterocycles. The largest absolute Gasteiger partial charge is 0.457 e. The smallest absolute Gasteiger partial charge is 0.306 e. The van der Waals surface area contributed by atoms with Crippen LogP contribution in [-0.2, 0) is 28.5 Å². The molecule has 0 bridgehead atoms. The minimum Gasteiger partial charge on any atom is -0.457 e. The topological polar surface area (TPSA) is 97.1 Å².